The number of halogens is 2. The minimum Gasteiger partial charge on any atom is -0.322 e. The quantitative estimate of drug-likeness (QED) is 0.891. The van der Waals surface area contributed by atoms with E-state index in [0.717, 1.165) is 50.9 Å². The average molecular weight is 359 g/mol. The summed E-state index contributed by atoms with van der Waals surface area (Å²) in [6.45, 7) is 6.44. The van der Waals surface area contributed by atoms with Gasteiger partial charge in [-0.15, -0.1) is 0 Å². The van der Waals surface area contributed by atoms with E-state index >= 15 is 0 Å². The highest BCUT2D eigenvalue weighted by Crippen LogP contribution is 2.15. The van der Waals surface area contributed by atoms with Crippen molar-refractivity contribution in [1.29, 1.82) is 0 Å². The van der Waals surface area contributed by atoms with Crippen LogP contribution in [0.1, 0.15) is 11.1 Å². The van der Waals surface area contributed by atoms with Crippen molar-refractivity contribution < 1.29 is 13.6 Å². The molecule has 138 valence electrons. The standard InChI is InChI=1S/C20H23F2N3O/c1-15-3-2-4-16(11-15)13-24-7-9-25(10-8-24)14-20(26)23-19-12-17(21)5-6-18(19)22/h2-6,11-12H,7-10,13-14H2,1H3,(H,23,26). The molecule has 1 saturated heterocycles. The van der Waals surface area contributed by atoms with Crippen molar-refractivity contribution in [3.63, 3.8) is 0 Å². The van der Waals surface area contributed by atoms with Gasteiger partial charge < -0.3 is 5.32 Å². The number of benzene rings is 2. The molecule has 0 radical (unpaired) electrons. The van der Waals surface area contributed by atoms with Gasteiger partial charge in [-0.25, -0.2) is 8.78 Å². The number of piperazine rings is 1. The average Bonchev–Trinajstić information content (AvgIpc) is 2.60. The third-order valence-electron chi connectivity index (χ3n) is 4.52. The molecule has 2 aromatic rings. The van der Waals surface area contributed by atoms with Crippen LogP contribution >= 0.6 is 0 Å². The Morgan fingerprint density at radius 1 is 1.04 bits per heavy atom. The van der Waals surface area contributed by atoms with E-state index in [1.54, 1.807) is 0 Å². The smallest absolute Gasteiger partial charge is 0.238 e. The number of carbonyl (C=O) groups excluding carboxylic acids is 1. The first-order valence-corrected chi connectivity index (χ1v) is 8.75. The summed E-state index contributed by atoms with van der Waals surface area (Å²) in [5.41, 5.74) is 2.42. The fourth-order valence-electron chi connectivity index (χ4n) is 3.16. The highest BCUT2D eigenvalue weighted by Gasteiger charge is 2.19. The van der Waals surface area contributed by atoms with E-state index in [1.807, 2.05) is 4.90 Å². The molecule has 1 aliphatic rings. The normalized spacial score (nSPS) is 15.8. The van der Waals surface area contributed by atoms with E-state index in [4.69, 9.17) is 0 Å². The topological polar surface area (TPSA) is 35.6 Å². The number of aryl methyl sites for hydroxylation is 1. The first-order valence-electron chi connectivity index (χ1n) is 8.75. The van der Waals surface area contributed by atoms with Gasteiger partial charge in [0.05, 0.1) is 12.2 Å². The Labute approximate surface area is 152 Å². The van der Waals surface area contributed by atoms with Gasteiger partial charge in [-0.1, -0.05) is 29.8 Å². The van der Waals surface area contributed by atoms with E-state index in [9.17, 15) is 13.6 Å². The number of hydrogen-bond acceptors (Lipinski definition) is 3. The first-order chi connectivity index (χ1) is 12.5. The summed E-state index contributed by atoms with van der Waals surface area (Å²) in [5, 5.41) is 2.45. The zero-order chi connectivity index (χ0) is 18.5. The maximum absolute atomic E-state index is 13.6. The lowest BCUT2D eigenvalue weighted by molar-refractivity contribution is -0.117. The summed E-state index contributed by atoms with van der Waals surface area (Å²) in [6.07, 6.45) is 0. The monoisotopic (exact) mass is 359 g/mol. The SMILES string of the molecule is Cc1cccc(CN2CCN(CC(=O)Nc3cc(F)ccc3F)CC2)c1. The number of anilines is 1. The van der Waals surface area contributed by atoms with Gasteiger partial charge in [-0.3, -0.25) is 14.6 Å². The highest BCUT2D eigenvalue weighted by atomic mass is 19.1. The Hall–Kier alpha value is -2.31. The lowest BCUT2D eigenvalue weighted by atomic mass is 10.1. The van der Waals surface area contributed by atoms with Crippen LogP contribution in [0.25, 0.3) is 0 Å². The molecule has 1 heterocycles. The Bertz CT molecular complexity index is 773. The summed E-state index contributed by atoms with van der Waals surface area (Å²) >= 11 is 0. The maximum atomic E-state index is 13.6. The molecule has 0 bridgehead atoms. The van der Waals surface area contributed by atoms with Crippen LogP contribution in [0.15, 0.2) is 42.5 Å². The van der Waals surface area contributed by atoms with Crippen LogP contribution in [0.4, 0.5) is 14.5 Å². The predicted octanol–water partition coefficient (Wildman–Crippen LogP) is 3.03. The molecule has 26 heavy (non-hydrogen) atoms. The van der Waals surface area contributed by atoms with Crippen molar-refractivity contribution in [2.75, 3.05) is 38.0 Å². The van der Waals surface area contributed by atoms with E-state index in [0.29, 0.717) is 0 Å². The molecule has 0 saturated carbocycles. The van der Waals surface area contributed by atoms with Gasteiger partial charge in [0.25, 0.3) is 0 Å². The molecule has 1 fully saturated rings. The fraction of sp³-hybridized carbons (Fsp3) is 0.350. The second kappa shape index (κ2) is 8.38. The largest absolute Gasteiger partial charge is 0.322 e. The van der Waals surface area contributed by atoms with E-state index in [1.165, 1.54) is 11.1 Å². The summed E-state index contributed by atoms with van der Waals surface area (Å²) in [6, 6.07) is 11.5. The Balaban J connectivity index is 1.46. The molecule has 0 unspecified atom stereocenters. The Morgan fingerprint density at radius 2 is 1.77 bits per heavy atom. The van der Waals surface area contributed by atoms with Gasteiger partial charge in [0.1, 0.15) is 11.6 Å². The van der Waals surface area contributed by atoms with E-state index in [2.05, 4.69) is 41.4 Å². The molecule has 4 nitrogen and oxygen atoms in total. The van der Waals surface area contributed by atoms with Gasteiger partial charge in [-0.05, 0) is 24.6 Å². The van der Waals surface area contributed by atoms with Crippen LogP contribution in [-0.4, -0.2) is 48.4 Å². The number of rotatable bonds is 5. The molecular weight excluding hydrogens is 336 g/mol. The van der Waals surface area contributed by atoms with Crippen LogP contribution in [-0.2, 0) is 11.3 Å². The molecule has 0 aliphatic carbocycles. The Morgan fingerprint density at radius 3 is 2.50 bits per heavy atom. The summed E-state index contributed by atoms with van der Waals surface area (Å²) < 4.78 is 26.8. The lowest BCUT2D eigenvalue weighted by Crippen LogP contribution is -2.48. The summed E-state index contributed by atoms with van der Waals surface area (Å²) in [7, 11) is 0. The van der Waals surface area contributed by atoms with Crippen molar-refractivity contribution in [3.8, 4) is 0 Å². The molecule has 2 aromatic carbocycles. The van der Waals surface area contributed by atoms with Crippen molar-refractivity contribution in [1.82, 2.24) is 9.80 Å². The van der Waals surface area contributed by atoms with Crippen LogP contribution in [0.2, 0.25) is 0 Å². The minimum absolute atomic E-state index is 0.118. The van der Waals surface area contributed by atoms with Gasteiger partial charge in [0, 0.05) is 38.8 Å². The molecular formula is C20H23F2N3O. The number of amides is 1. The zero-order valence-corrected chi connectivity index (χ0v) is 14.8. The second-order valence-electron chi connectivity index (χ2n) is 6.71. The van der Waals surface area contributed by atoms with Crippen molar-refractivity contribution in [2.24, 2.45) is 0 Å². The first kappa shape index (κ1) is 18.5. The van der Waals surface area contributed by atoms with Crippen molar-refractivity contribution >= 4 is 11.6 Å². The van der Waals surface area contributed by atoms with Crippen molar-refractivity contribution in [3.05, 3.63) is 65.2 Å². The number of carbonyl (C=O) groups is 1. The number of nitrogens with zero attached hydrogens (tertiary/aromatic N) is 2. The molecule has 3 rings (SSSR count). The molecule has 1 N–H and O–H groups in total. The maximum Gasteiger partial charge on any atom is 0.238 e. The van der Waals surface area contributed by atoms with Crippen LogP contribution < -0.4 is 5.32 Å². The fourth-order valence-corrected chi connectivity index (χ4v) is 3.16. The van der Waals surface area contributed by atoms with Gasteiger partial charge in [-0.2, -0.15) is 0 Å². The highest BCUT2D eigenvalue weighted by molar-refractivity contribution is 5.92. The Kier molecular flexibility index (Phi) is 5.96. The van der Waals surface area contributed by atoms with Gasteiger partial charge in [0.15, 0.2) is 0 Å². The zero-order valence-electron chi connectivity index (χ0n) is 14.8. The predicted molar refractivity (Wildman–Crippen MR) is 97.9 cm³/mol. The van der Waals surface area contributed by atoms with E-state index in [-0.39, 0.29) is 18.1 Å². The molecule has 0 atom stereocenters. The second-order valence-corrected chi connectivity index (χ2v) is 6.71. The molecule has 0 spiro atoms. The lowest BCUT2D eigenvalue weighted by Gasteiger charge is -2.34. The van der Waals surface area contributed by atoms with Crippen LogP contribution in [0, 0.1) is 18.6 Å². The van der Waals surface area contributed by atoms with Crippen molar-refractivity contribution in [2.45, 2.75) is 13.5 Å². The third-order valence-corrected chi connectivity index (χ3v) is 4.52. The van der Waals surface area contributed by atoms with Gasteiger partial charge >= 0.3 is 0 Å². The van der Waals surface area contributed by atoms with E-state index < -0.39 is 11.6 Å². The molecule has 1 amide bonds. The third kappa shape index (κ3) is 5.09. The minimum atomic E-state index is -0.636. The number of nitrogens with one attached hydrogen (secondary N) is 1. The molecule has 6 heteroatoms. The van der Waals surface area contributed by atoms with Gasteiger partial charge in [0.2, 0.25) is 5.91 Å². The summed E-state index contributed by atoms with van der Waals surface area (Å²) in [4.78, 5) is 16.5. The van der Waals surface area contributed by atoms with Crippen LogP contribution in [0.5, 0.6) is 0 Å². The summed E-state index contributed by atoms with van der Waals surface area (Å²) in [5.74, 6) is -1.55. The molecule has 1 aliphatic heterocycles. The van der Waals surface area contributed by atoms with Crippen LogP contribution in [0.3, 0.4) is 0 Å². The number of hydrogen-bond donors (Lipinski definition) is 1. The molecule has 0 aromatic heterocycles.